The van der Waals surface area contributed by atoms with Crippen LogP contribution in [0.1, 0.15) is 22.6 Å². The minimum Gasteiger partial charge on any atom is -0.497 e. The summed E-state index contributed by atoms with van der Waals surface area (Å²) >= 11 is 0. The maximum atomic E-state index is 14.2. The minimum absolute atomic E-state index is 0.00358. The number of nitrogens with two attached hydrogens (primary N) is 1. The van der Waals surface area contributed by atoms with E-state index in [4.69, 9.17) is 10.5 Å². The monoisotopic (exact) mass is 514 g/mol. The third-order valence-electron chi connectivity index (χ3n) is 5.85. The number of benzene rings is 2. The van der Waals surface area contributed by atoms with Gasteiger partial charge in [-0.3, -0.25) is 5.01 Å². The lowest BCUT2D eigenvalue weighted by atomic mass is 9.99. The lowest BCUT2D eigenvalue weighted by Gasteiger charge is -2.21. The number of H-pyrrole nitrogens is 1. The van der Waals surface area contributed by atoms with E-state index in [1.807, 2.05) is 0 Å². The molecule has 12 heteroatoms. The second-order valence-electron chi connectivity index (χ2n) is 8.26. The number of nitrogens with one attached hydrogen (secondary N) is 1. The van der Waals surface area contributed by atoms with Crippen molar-refractivity contribution in [3.63, 3.8) is 0 Å². The smallest absolute Gasteiger partial charge is 0.417 e. The molecule has 0 saturated heterocycles. The molecule has 3 N–H and O–H groups in total. The fourth-order valence-electron chi connectivity index (χ4n) is 4.06. The molecule has 1 aliphatic rings. The number of aromatic nitrogens is 3. The number of hydrazone groups is 1. The van der Waals surface area contributed by atoms with Gasteiger partial charge in [0.1, 0.15) is 23.1 Å². The summed E-state index contributed by atoms with van der Waals surface area (Å²) in [5, 5.41) is 5.93. The van der Waals surface area contributed by atoms with E-state index in [1.54, 1.807) is 11.1 Å². The van der Waals surface area contributed by atoms with E-state index < -0.39 is 23.4 Å². The molecule has 190 valence electrons. The largest absolute Gasteiger partial charge is 0.497 e. The summed E-state index contributed by atoms with van der Waals surface area (Å²) in [7, 11) is 1.29. The van der Waals surface area contributed by atoms with Gasteiger partial charge in [-0.25, -0.2) is 18.7 Å². The van der Waals surface area contributed by atoms with Crippen LogP contribution >= 0.6 is 0 Å². The van der Waals surface area contributed by atoms with Crippen molar-refractivity contribution in [1.29, 1.82) is 0 Å². The standard InChI is InChI=1S/C25H19F5N6O/c1-37-14-6-8-15(18(9-14)25(28,29)30)16-7-5-13(33-23(16)31)11-36-12-21-20(10-32-36)34-24(35-21)17-3-2-4-19(26)22(17)27/h2-10H,11-12H2,1H3,(H2,31,33)(H,34,35). The Labute approximate surface area is 207 Å². The zero-order chi connectivity index (χ0) is 26.3. The van der Waals surface area contributed by atoms with Crippen LogP contribution in [0.2, 0.25) is 0 Å². The maximum Gasteiger partial charge on any atom is 0.417 e. The number of methoxy groups -OCH3 is 1. The Morgan fingerprint density at radius 3 is 2.54 bits per heavy atom. The van der Waals surface area contributed by atoms with Gasteiger partial charge in [0.05, 0.1) is 48.9 Å². The highest BCUT2D eigenvalue weighted by molar-refractivity contribution is 5.81. The Morgan fingerprint density at radius 2 is 1.81 bits per heavy atom. The van der Waals surface area contributed by atoms with Crippen LogP contribution in [0.15, 0.2) is 53.6 Å². The van der Waals surface area contributed by atoms with Gasteiger partial charge in [0.25, 0.3) is 0 Å². The first kappa shape index (κ1) is 24.2. The zero-order valence-electron chi connectivity index (χ0n) is 19.3. The molecule has 0 fully saturated rings. The van der Waals surface area contributed by atoms with Crippen molar-refractivity contribution in [2.24, 2.45) is 5.10 Å². The topological polar surface area (TPSA) is 92.4 Å². The highest BCUT2D eigenvalue weighted by Gasteiger charge is 2.35. The fourth-order valence-corrected chi connectivity index (χ4v) is 4.06. The highest BCUT2D eigenvalue weighted by atomic mass is 19.4. The molecule has 4 aromatic rings. The van der Waals surface area contributed by atoms with E-state index in [0.717, 1.165) is 12.1 Å². The SMILES string of the molecule is COc1ccc(-c2ccc(CN3Cc4[nH]c(-c5cccc(F)c5F)nc4C=N3)nc2N)c(C(F)(F)F)c1. The van der Waals surface area contributed by atoms with E-state index in [2.05, 4.69) is 20.1 Å². The number of ether oxygens (including phenoxy) is 1. The molecule has 37 heavy (non-hydrogen) atoms. The summed E-state index contributed by atoms with van der Waals surface area (Å²) in [6.07, 6.45) is -3.15. The second-order valence-corrected chi connectivity index (χ2v) is 8.26. The lowest BCUT2D eigenvalue weighted by molar-refractivity contribution is -0.137. The Bertz CT molecular complexity index is 1510. The van der Waals surface area contributed by atoms with Crippen LogP contribution in [0, 0.1) is 11.6 Å². The van der Waals surface area contributed by atoms with Gasteiger partial charge < -0.3 is 15.5 Å². The van der Waals surface area contributed by atoms with Crippen molar-refractivity contribution >= 4 is 12.0 Å². The number of imidazole rings is 1. The molecule has 0 atom stereocenters. The summed E-state index contributed by atoms with van der Waals surface area (Å²) in [5.74, 6) is -1.81. The Morgan fingerprint density at radius 1 is 1.03 bits per heavy atom. The Hall–Kier alpha value is -4.48. The van der Waals surface area contributed by atoms with Gasteiger partial charge in [0, 0.05) is 5.56 Å². The van der Waals surface area contributed by atoms with E-state index in [9.17, 15) is 22.0 Å². The number of alkyl halides is 3. The minimum atomic E-state index is -4.62. The summed E-state index contributed by atoms with van der Waals surface area (Å²) in [6.45, 7) is 0.452. The maximum absolute atomic E-state index is 14.2. The molecule has 0 saturated carbocycles. The van der Waals surface area contributed by atoms with Crippen molar-refractivity contribution in [3.8, 4) is 28.3 Å². The van der Waals surface area contributed by atoms with Gasteiger partial charge in [0.2, 0.25) is 0 Å². The molecule has 0 aliphatic carbocycles. The molecule has 0 amide bonds. The van der Waals surface area contributed by atoms with Gasteiger partial charge in [-0.15, -0.1) is 0 Å². The number of pyridine rings is 1. The normalized spacial score (nSPS) is 13.1. The van der Waals surface area contributed by atoms with Crippen molar-refractivity contribution in [2.45, 2.75) is 19.3 Å². The number of fused-ring (bicyclic) bond motifs is 1. The van der Waals surface area contributed by atoms with Crippen LogP contribution in [-0.4, -0.2) is 33.3 Å². The third-order valence-corrected chi connectivity index (χ3v) is 5.85. The van der Waals surface area contributed by atoms with Crippen molar-refractivity contribution in [2.75, 3.05) is 12.8 Å². The molecule has 0 radical (unpaired) electrons. The number of hydrogen-bond donors (Lipinski definition) is 2. The van der Waals surface area contributed by atoms with Gasteiger partial charge in [-0.2, -0.15) is 18.3 Å². The summed E-state index contributed by atoms with van der Waals surface area (Å²) in [6, 6.07) is 10.5. The number of aromatic amines is 1. The number of rotatable bonds is 5. The molecule has 0 unspecified atom stereocenters. The predicted octanol–water partition coefficient (Wildman–Crippen LogP) is 5.38. The second kappa shape index (κ2) is 9.19. The van der Waals surface area contributed by atoms with Gasteiger partial charge in [0.15, 0.2) is 11.6 Å². The van der Waals surface area contributed by atoms with E-state index in [0.29, 0.717) is 17.1 Å². The summed E-state index contributed by atoms with van der Waals surface area (Å²) in [5.41, 5.74) is 6.79. The van der Waals surface area contributed by atoms with Crippen molar-refractivity contribution < 1.29 is 26.7 Å². The Balaban J connectivity index is 1.36. The number of hydrogen-bond acceptors (Lipinski definition) is 6. The molecule has 2 aromatic heterocycles. The highest BCUT2D eigenvalue weighted by Crippen LogP contribution is 2.40. The average Bonchev–Trinajstić information content (AvgIpc) is 3.28. The summed E-state index contributed by atoms with van der Waals surface area (Å²) in [4.78, 5) is 11.6. The zero-order valence-corrected chi connectivity index (χ0v) is 19.3. The first-order chi connectivity index (χ1) is 17.6. The molecule has 0 bridgehead atoms. The van der Waals surface area contributed by atoms with Crippen molar-refractivity contribution in [3.05, 3.63) is 82.8 Å². The van der Waals surface area contributed by atoms with Gasteiger partial charge in [-0.05, 0) is 48.0 Å². The van der Waals surface area contributed by atoms with Crippen LogP contribution < -0.4 is 10.5 Å². The predicted molar refractivity (Wildman–Crippen MR) is 126 cm³/mol. The lowest BCUT2D eigenvalue weighted by Crippen LogP contribution is -2.22. The van der Waals surface area contributed by atoms with Crippen LogP contribution in [0.3, 0.4) is 0 Å². The average molecular weight is 514 g/mol. The first-order valence-electron chi connectivity index (χ1n) is 11.0. The molecular weight excluding hydrogens is 495 g/mol. The van der Waals surface area contributed by atoms with E-state index in [-0.39, 0.29) is 47.2 Å². The number of nitrogens with zero attached hydrogens (tertiary/aromatic N) is 4. The number of halogens is 5. The van der Waals surface area contributed by atoms with E-state index >= 15 is 0 Å². The number of anilines is 1. The summed E-state index contributed by atoms with van der Waals surface area (Å²) < 4.78 is 73.7. The van der Waals surface area contributed by atoms with Gasteiger partial charge >= 0.3 is 6.18 Å². The van der Waals surface area contributed by atoms with Crippen LogP contribution in [0.5, 0.6) is 5.75 Å². The molecule has 7 nitrogen and oxygen atoms in total. The number of nitrogen functional groups attached to an aromatic ring is 1. The van der Waals surface area contributed by atoms with Crippen LogP contribution in [0.4, 0.5) is 27.8 Å². The third kappa shape index (κ3) is 4.69. The molecule has 3 heterocycles. The molecule has 2 aromatic carbocycles. The van der Waals surface area contributed by atoms with Gasteiger partial charge in [-0.1, -0.05) is 6.07 Å². The van der Waals surface area contributed by atoms with Crippen LogP contribution in [0.25, 0.3) is 22.5 Å². The molecule has 5 rings (SSSR count). The fraction of sp³-hybridized carbons (Fsp3) is 0.160. The molecule has 1 aliphatic heterocycles. The van der Waals surface area contributed by atoms with Crippen LogP contribution in [-0.2, 0) is 19.3 Å². The molecular formula is C25H19F5N6O. The first-order valence-corrected chi connectivity index (χ1v) is 11.0. The Kier molecular flexibility index (Phi) is 6.02. The quantitative estimate of drug-likeness (QED) is 0.349. The van der Waals surface area contributed by atoms with Crippen molar-refractivity contribution in [1.82, 2.24) is 20.0 Å². The molecule has 0 spiro atoms. The van der Waals surface area contributed by atoms with E-state index in [1.165, 1.54) is 43.7 Å².